The Kier molecular flexibility index (Phi) is 8.88. The molecular formula is C60H48N6. The third-order valence-corrected chi connectivity index (χ3v) is 13.4. The van der Waals surface area contributed by atoms with E-state index < -0.39 is 0 Å². The average Bonchev–Trinajstić information content (AvgIpc) is 3.33. The first kappa shape index (κ1) is 39.6. The average molecular weight is 853 g/mol. The molecule has 0 saturated carbocycles. The number of rotatable bonds is 6. The number of anilines is 6. The first-order valence-corrected chi connectivity index (χ1v) is 22.8. The molecule has 0 N–H and O–H groups in total. The van der Waals surface area contributed by atoms with Crippen molar-refractivity contribution < 1.29 is 0 Å². The highest BCUT2D eigenvalue weighted by Gasteiger charge is 2.31. The number of aromatic nitrogens is 4. The van der Waals surface area contributed by atoms with E-state index in [2.05, 4.69) is 203 Å². The van der Waals surface area contributed by atoms with Gasteiger partial charge in [-0.1, -0.05) is 145 Å². The summed E-state index contributed by atoms with van der Waals surface area (Å²) in [7, 11) is 0. The lowest BCUT2D eigenvalue weighted by Crippen LogP contribution is -2.18. The lowest BCUT2D eigenvalue weighted by molar-refractivity contribution is 0.595. The Morgan fingerprint density at radius 1 is 0.333 bits per heavy atom. The standard InChI is InChI=1S/C60H48N6/c1-59(2,3)46-33-54(65(51-27-30-62-48-20-12-9-17-41(48)51)52-28-31-63-49-21-13-10-18-42(49)52)44-25-23-40-47(60(4,5)6)34-55(45-26-24-39(46)57(44)58(40)45)66(53-29-32-64-50-22-14-11-19-43(50)53)56-36-61-35-37-15-7-8-16-38(37)56/h7-36H,1-6H3. The van der Waals surface area contributed by atoms with Crippen molar-refractivity contribution >= 4 is 110 Å². The van der Waals surface area contributed by atoms with Gasteiger partial charge in [-0.3, -0.25) is 19.9 Å². The molecule has 0 fully saturated rings. The van der Waals surface area contributed by atoms with E-state index in [9.17, 15) is 0 Å². The summed E-state index contributed by atoms with van der Waals surface area (Å²) >= 11 is 0. The second kappa shape index (κ2) is 14.8. The van der Waals surface area contributed by atoms with Gasteiger partial charge in [0.25, 0.3) is 0 Å². The van der Waals surface area contributed by atoms with Gasteiger partial charge in [-0.2, -0.15) is 0 Å². The Balaban J connectivity index is 1.27. The fourth-order valence-electron chi connectivity index (χ4n) is 10.5. The van der Waals surface area contributed by atoms with Crippen LogP contribution in [0.15, 0.2) is 183 Å². The van der Waals surface area contributed by atoms with E-state index in [1.807, 2.05) is 31.0 Å². The monoisotopic (exact) mass is 852 g/mol. The van der Waals surface area contributed by atoms with Gasteiger partial charge in [0.05, 0.1) is 56.9 Å². The predicted molar refractivity (Wildman–Crippen MR) is 278 cm³/mol. The highest BCUT2D eigenvalue weighted by molar-refractivity contribution is 6.30. The molecule has 0 atom stereocenters. The molecule has 6 nitrogen and oxygen atoms in total. The highest BCUT2D eigenvalue weighted by atomic mass is 15.2. The van der Waals surface area contributed by atoms with Gasteiger partial charge in [0, 0.05) is 62.5 Å². The van der Waals surface area contributed by atoms with Crippen molar-refractivity contribution in [1.29, 1.82) is 0 Å². The fraction of sp³-hybridized carbons (Fsp3) is 0.133. The van der Waals surface area contributed by atoms with Crippen LogP contribution in [0.1, 0.15) is 52.7 Å². The maximum absolute atomic E-state index is 4.90. The molecule has 0 spiro atoms. The molecule has 8 aromatic carbocycles. The molecule has 0 saturated heterocycles. The molecule has 318 valence electrons. The third-order valence-electron chi connectivity index (χ3n) is 13.4. The summed E-state index contributed by atoms with van der Waals surface area (Å²) in [5.41, 5.74) is 11.3. The highest BCUT2D eigenvalue weighted by Crippen LogP contribution is 2.53. The minimum atomic E-state index is -0.215. The van der Waals surface area contributed by atoms with Crippen LogP contribution >= 0.6 is 0 Å². The van der Waals surface area contributed by atoms with Crippen LogP contribution in [0.25, 0.3) is 75.8 Å². The van der Waals surface area contributed by atoms with Crippen LogP contribution in [0.5, 0.6) is 0 Å². The minimum absolute atomic E-state index is 0.213. The summed E-state index contributed by atoms with van der Waals surface area (Å²) in [5, 5.41) is 12.8. The van der Waals surface area contributed by atoms with Gasteiger partial charge in [-0.25, -0.2) is 0 Å². The maximum atomic E-state index is 4.90. The molecule has 66 heavy (non-hydrogen) atoms. The quantitative estimate of drug-likeness (QED) is 0.155. The van der Waals surface area contributed by atoms with Crippen LogP contribution in [0.2, 0.25) is 0 Å². The molecule has 0 aliphatic rings. The molecule has 0 aliphatic carbocycles. The molecule has 12 rings (SSSR count). The van der Waals surface area contributed by atoms with Gasteiger partial charge in [-0.05, 0) is 92.0 Å². The Morgan fingerprint density at radius 3 is 1.15 bits per heavy atom. The number of hydrogen-bond donors (Lipinski definition) is 0. The molecule has 0 aliphatic heterocycles. The molecule has 0 radical (unpaired) electrons. The molecule has 4 aromatic heterocycles. The van der Waals surface area contributed by atoms with Crippen molar-refractivity contribution in [1.82, 2.24) is 19.9 Å². The van der Waals surface area contributed by atoms with Crippen molar-refractivity contribution in [3.8, 4) is 0 Å². The first-order chi connectivity index (χ1) is 32.0. The second-order valence-electron chi connectivity index (χ2n) is 19.6. The van der Waals surface area contributed by atoms with Gasteiger partial charge in [0.1, 0.15) is 0 Å². The van der Waals surface area contributed by atoms with E-state index in [1.54, 1.807) is 0 Å². The van der Waals surface area contributed by atoms with Gasteiger partial charge >= 0.3 is 0 Å². The van der Waals surface area contributed by atoms with E-state index >= 15 is 0 Å². The van der Waals surface area contributed by atoms with Crippen LogP contribution in [-0.2, 0) is 10.8 Å². The molecule has 0 bridgehead atoms. The molecule has 4 heterocycles. The zero-order valence-corrected chi connectivity index (χ0v) is 38.0. The van der Waals surface area contributed by atoms with Crippen LogP contribution in [0.3, 0.4) is 0 Å². The summed E-state index contributed by atoms with van der Waals surface area (Å²) in [6, 6.07) is 54.9. The lowest BCUT2D eigenvalue weighted by Gasteiger charge is -2.34. The van der Waals surface area contributed by atoms with Crippen LogP contribution < -0.4 is 9.80 Å². The summed E-state index contributed by atoms with van der Waals surface area (Å²) in [6.07, 6.45) is 9.81. The number of hydrogen-bond acceptors (Lipinski definition) is 6. The molecule has 0 amide bonds. The van der Waals surface area contributed by atoms with Crippen molar-refractivity contribution in [2.24, 2.45) is 0 Å². The smallest absolute Gasteiger partial charge is 0.0723 e. The normalized spacial score (nSPS) is 12.4. The van der Waals surface area contributed by atoms with Gasteiger partial charge in [0.15, 0.2) is 0 Å². The van der Waals surface area contributed by atoms with Crippen molar-refractivity contribution in [3.63, 3.8) is 0 Å². The second-order valence-corrected chi connectivity index (χ2v) is 19.6. The summed E-state index contributed by atoms with van der Waals surface area (Å²) in [6.45, 7) is 14.0. The number of fused-ring (bicyclic) bond motifs is 4. The van der Waals surface area contributed by atoms with Crippen molar-refractivity contribution in [3.05, 3.63) is 194 Å². The van der Waals surface area contributed by atoms with Gasteiger partial charge < -0.3 is 9.80 Å². The minimum Gasteiger partial charge on any atom is -0.308 e. The van der Waals surface area contributed by atoms with E-state index in [1.165, 1.54) is 38.1 Å². The van der Waals surface area contributed by atoms with Gasteiger partial charge in [-0.15, -0.1) is 0 Å². The Hall–Kier alpha value is -7.96. The molecule has 6 heteroatoms. The number of para-hydroxylation sites is 3. The van der Waals surface area contributed by atoms with E-state index in [0.717, 1.165) is 83.0 Å². The number of nitrogens with zero attached hydrogens (tertiary/aromatic N) is 6. The Labute approximate surface area is 384 Å². The topological polar surface area (TPSA) is 58.0 Å². The van der Waals surface area contributed by atoms with Crippen LogP contribution in [0.4, 0.5) is 34.1 Å². The van der Waals surface area contributed by atoms with Crippen LogP contribution in [0, 0.1) is 0 Å². The Morgan fingerprint density at radius 2 is 0.712 bits per heavy atom. The third kappa shape index (κ3) is 6.16. The SMILES string of the molecule is CC(C)(C)c1cc(N(c2cncc3ccccc23)c2ccnc3ccccc23)c2ccc3c(C(C)(C)C)cc(N(c4ccnc5ccccc45)c4ccnc5ccccc45)c4ccc1c2c43. The zero-order valence-electron chi connectivity index (χ0n) is 38.0. The van der Waals surface area contributed by atoms with Gasteiger partial charge in [0.2, 0.25) is 0 Å². The summed E-state index contributed by atoms with van der Waals surface area (Å²) in [4.78, 5) is 24.4. The van der Waals surface area contributed by atoms with Crippen molar-refractivity contribution in [2.75, 3.05) is 9.80 Å². The fourth-order valence-corrected chi connectivity index (χ4v) is 10.5. The van der Waals surface area contributed by atoms with Crippen molar-refractivity contribution in [2.45, 2.75) is 52.4 Å². The largest absolute Gasteiger partial charge is 0.308 e. The summed E-state index contributed by atoms with van der Waals surface area (Å²) in [5.74, 6) is 0. The van der Waals surface area contributed by atoms with Crippen LogP contribution in [-0.4, -0.2) is 19.9 Å². The first-order valence-electron chi connectivity index (χ1n) is 22.8. The predicted octanol–water partition coefficient (Wildman–Crippen LogP) is 16.3. The zero-order chi connectivity index (χ0) is 44.9. The molecular weight excluding hydrogens is 805 g/mol. The van der Waals surface area contributed by atoms with E-state index in [0.29, 0.717) is 0 Å². The van der Waals surface area contributed by atoms with E-state index in [4.69, 9.17) is 19.9 Å². The molecule has 12 aromatic rings. The summed E-state index contributed by atoms with van der Waals surface area (Å²) < 4.78 is 0. The number of benzene rings is 8. The maximum Gasteiger partial charge on any atom is 0.0723 e. The number of pyridine rings is 4. The lowest BCUT2D eigenvalue weighted by atomic mass is 9.77. The van der Waals surface area contributed by atoms with E-state index in [-0.39, 0.29) is 10.8 Å². The Bertz CT molecular complexity index is 3440. The molecule has 0 unspecified atom stereocenters.